The van der Waals surface area contributed by atoms with Crippen LogP contribution in [0.4, 0.5) is 0 Å². The standard InChI is InChI=1S/C22H22N4O2/c27-21-11-10-20(25-21)22(28)23-14-18-4-1-2-5-19(18)17-8-6-16(7-9-17)15-26-13-3-12-24-26/h1-9,12-13,20H,10-11,14-15H2,(H,23,28)(H,25,27)/t20-/m1/s1. The van der Waals surface area contributed by atoms with Crippen LogP contribution in [0.25, 0.3) is 11.1 Å². The van der Waals surface area contributed by atoms with Crippen molar-refractivity contribution in [2.45, 2.75) is 32.0 Å². The van der Waals surface area contributed by atoms with Gasteiger partial charge in [-0.25, -0.2) is 0 Å². The van der Waals surface area contributed by atoms with Crippen LogP contribution in [0, 0.1) is 0 Å². The Hall–Kier alpha value is -3.41. The predicted molar refractivity (Wildman–Crippen MR) is 106 cm³/mol. The molecular formula is C22H22N4O2. The van der Waals surface area contributed by atoms with E-state index in [1.54, 1.807) is 6.20 Å². The zero-order valence-electron chi connectivity index (χ0n) is 15.5. The number of benzene rings is 2. The molecule has 0 aliphatic carbocycles. The van der Waals surface area contributed by atoms with Gasteiger partial charge in [0.1, 0.15) is 6.04 Å². The molecule has 2 N–H and O–H groups in total. The van der Waals surface area contributed by atoms with E-state index in [1.165, 1.54) is 5.56 Å². The lowest BCUT2D eigenvalue weighted by Crippen LogP contribution is -2.41. The molecule has 1 atom stereocenters. The molecule has 1 aliphatic rings. The molecule has 0 unspecified atom stereocenters. The van der Waals surface area contributed by atoms with Gasteiger partial charge >= 0.3 is 0 Å². The van der Waals surface area contributed by atoms with Crippen LogP contribution in [0.15, 0.2) is 67.0 Å². The molecule has 1 fully saturated rings. The third kappa shape index (κ3) is 4.11. The number of carbonyl (C=O) groups excluding carboxylic acids is 2. The van der Waals surface area contributed by atoms with Crippen LogP contribution >= 0.6 is 0 Å². The highest BCUT2D eigenvalue weighted by Gasteiger charge is 2.26. The monoisotopic (exact) mass is 374 g/mol. The number of aromatic nitrogens is 2. The SMILES string of the molecule is O=C1CC[C@H](C(=O)NCc2ccccc2-c2ccc(Cn3cccn3)cc2)N1. The van der Waals surface area contributed by atoms with Crippen LogP contribution in [0.5, 0.6) is 0 Å². The van der Waals surface area contributed by atoms with E-state index in [0.29, 0.717) is 19.4 Å². The third-order valence-electron chi connectivity index (χ3n) is 4.95. The van der Waals surface area contributed by atoms with E-state index in [9.17, 15) is 9.59 Å². The summed E-state index contributed by atoms with van der Waals surface area (Å²) in [6.45, 7) is 1.16. The highest BCUT2D eigenvalue weighted by atomic mass is 16.2. The van der Waals surface area contributed by atoms with Crippen LogP contribution in [-0.4, -0.2) is 27.6 Å². The second-order valence-corrected chi connectivity index (χ2v) is 6.93. The van der Waals surface area contributed by atoms with Gasteiger partial charge in [-0.15, -0.1) is 0 Å². The third-order valence-corrected chi connectivity index (χ3v) is 4.95. The molecule has 6 nitrogen and oxygen atoms in total. The molecule has 0 spiro atoms. The molecule has 1 saturated heterocycles. The van der Waals surface area contributed by atoms with Gasteiger partial charge in [0.15, 0.2) is 0 Å². The summed E-state index contributed by atoms with van der Waals surface area (Å²) >= 11 is 0. The molecule has 6 heteroatoms. The van der Waals surface area contributed by atoms with Crippen molar-refractivity contribution >= 4 is 11.8 Å². The summed E-state index contributed by atoms with van der Waals surface area (Å²) in [6.07, 6.45) is 4.69. The lowest BCUT2D eigenvalue weighted by Gasteiger charge is -2.14. The van der Waals surface area contributed by atoms with Crippen LogP contribution in [0.2, 0.25) is 0 Å². The van der Waals surface area contributed by atoms with Crippen molar-refractivity contribution in [3.8, 4) is 11.1 Å². The Kier molecular flexibility index (Phi) is 5.19. The van der Waals surface area contributed by atoms with Crippen molar-refractivity contribution in [2.24, 2.45) is 0 Å². The summed E-state index contributed by atoms with van der Waals surface area (Å²) in [6, 6.07) is 17.9. The van der Waals surface area contributed by atoms with E-state index < -0.39 is 6.04 Å². The summed E-state index contributed by atoms with van der Waals surface area (Å²) in [5.74, 6) is -0.189. The van der Waals surface area contributed by atoms with Crippen LogP contribution in [-0.2, 0) is 22.7 Å². The first-order valence-electron chi connectivity index (χ1n) is 9.41. The van der Waals surface area contributed by atoms with Gasteiger partial charge < -0.3 is 10.6 Å². The average Bonchev–Trinajstić information content (AvgIpc) is 3.39. The van der Waals surface area contributed by atoms with Gasteiger partial charge in [-0.05, 0) is 34.7 Å². The average molecular weight is 374 g/mol. The molecule has 4 rings (SSSR count). The summed E-state index contributed by atoms with van der Waals surface area (Å²) in [5.41, 5.74) is 4.40. The summed E-state index contributed by atoms with van der Waals surface area (Å²) in [7, 11) is 0. The molecule has 1 aromatic heterocycles. The maximum Gasteiger partial charge on any atom is 0.242 e. The highest BCUT2D eigenvalue weighted by Crippen LogP contribution is 2.24. The van der Waals surface area contributed by atoms with Crippen LogP contribution < -0.4 is 10.6 Å². The van der Waals surface area contributed by atoms with E-state index >= 15 is 0 Å². The Labute approximate surface area is 163 Å². The summed E-state index contributed by atoms with van der Waals surface area (Å²) < 4.78 is 1.89. The number of hydrogen-bond donors (Lipinski definition) is 2. The molecule has 0 bridgehead atoms. The van der Waals surface area contributed by atoms with Gasteiger partial charge in [0, 0.05) is 25.4 Å². The summed E-state index contributed by atoms with van der Waals surface area (Å²) in [4.78, 5) is 23.6. The second-order valence-electron chi connectivity index (χ2n) is 6.93. The number of hydrogen-bond acceptors (Lipinski definition) is 3. The first kappa shape index (κ1) is 18.0. The Morgan fingerprint density at radius 2 is 1.96 bits per heavy atom. The van der Waals surface area contributed by atoms with Gasteiger partial charge in [0.25, 0.3) is 0 Å². The van der Waals surface area contributed by atoms with Gasteiger partial charge in [-0.2, -0.15) is 5.10 Å². The lowest BCUT2D eigenvalue weighted by atomic mass is 9.98. The molecule has 2 heterocycles. The fraction of sp³-hybridized carbons (Fsp3) is 0.227. The largest absolute Gasteiger partial charge is 0.350 e. The van der Waals surface area contributed by atoms with Gasteiger partial charge in [-0.1, -0.05) is 48.5 Å². The van der Waals surface area contributed by atoms with Gasteiger partial charge in [0.05, 0.1) is 6.54 Å². The van der Waals surface area contributed by atoms with E-state index in [1.807, 2.05) is 35.1 Å². The molecule has 0 radical (unpaired) electrons. The Bertz CT molecular complexity index is 964. The van der Waals surface area contributed by atoms with Crippen molar-refractivity contribution in [3.05, 3.63) is 78.1 Å². The topological polar surface area (TPSA) is 76.0 Å². The number of nitrogens with one attached hydrogen (secondary N) is 2. The van der Waals surface area contributed by atoms with E-state index in [-0.39, 0.29) is 11.8 Å². The smallest absolute Gasteiger partial charge is 0.242 e. The quantitative estimate of drug-likeness (QED) is 0.696. The lowest BCUT2D eigenvalue weighted by molar-refractivity contribution is -0.125. The number of rotatable bonds is 6. The molecule has 0 saturated carbocycles. The molecular weight excluding hydrogens is 352 g/mol. The fourth-order valence-corrected chi connectivity index (χ4v) is 3.44. The van der Waals surface area contributed by atoms with Gasteiger partial charge in [-0.3, -0.25) is 14.3 Å². The van der Waals surface area contributed by atoms with Gasteiger partial charge in [0.2, 0.25) is 11.8 Å². The zero-order valence-corrected chi connectivity index (χ0v) is 15.5. The van der Waals surface area contributed by atoms with Crippen molar-refractivity contribution in [1.29, 1.82) is 0 Å². The maximum atomic E-state index is 12.3. The number of nitrogens with zero attached hydrogens (tertiary/aromatic N) is 2. The Balaban J connectivity index is 1.45. The molecule has 142 valence electrons. The molecule has 28 heavy (non-hydrogen) atoms. The molecule has 2 aromatic carbocycles. The first-order valence-corrected chi connectivity index (χ1v) is 9.41. The van der Waals surface area contributed by atoms with Crippen molar-refractivity contribution in [3.63, 3.8) is 0 Å². The number of carbonyl (C=O) groups is 2. The van der Waals surface area contributed by atoms with Crippen LogP contribution in [0.3, 0.4) is 0 Å². The minimum atomic E-state index is -0.416. The predicted octanol–water partition coefficient (Wildman–Crippen LogP) is 2.49. The van der Waals surface area contributed by atoms with Crippen molar-refractivity contribution in [2.75, 3.05) is 0 Å². The molecule has 3 aromatic rings. The van der Waals surface area contributed by atoms with Crippen molar-refractivity contribution in [1.82, 2.24) is 20.4 Å². The van der Waals surface area contributed by atoms with E-state index in [2.05, 4.69) is 46.1 Å². The van der Waals surface area contributed by atoms with E-state index in [4.69, 9.17) is 0 Å². The maximum absolute atomic E-state index is 12.3. The fourth-order valence-electron chi connectivity index (χ4n) is 3.44. The summed E-state index contributed by atoms with van der Waals surface area (Å²) in [5, 5.41) is 9.88. The molecule has 1 aliphatic heterocycles. The normalized spacial score (nSPS) is 16.0. The first-order chi connectivity index (χ1) is 13.7. The van der Waals surface area contributed by atoms with Crippen molar-refractivity contribution < 1.29 is 9.59 Å². The minimum Gasteiger partial charge on any atom is -0.350 e. The Morgan fingerprint density at radius 3 is 2.68 bits per heavy atom. The minimum absolute atomic E-state index is 0.0595. The van der Waals surface area contributed by atoms with Crippen LogP contribution in [0.1, 0.15) is 24.0 Å². The zero-order chi connectivity index (χ0) is 19.3. The highest BCUT2D eigenvalue weighted by molar-refractivity contribution is 5.90. The number of amides is 2. The Morgan fingerprint density at radius 1 is 1.14 bits per heavy atom. The molecule has 2 amide bonds. The van der Waals surface area contributed by atoms with E-state index in [0.717, 1.165) is 23.2 Å². The second kappa shape index (κ2) is 8.08.